The van der Waals surface area contributed by atoms with E-state index in [4.69, 9.17) is 0 Å². The molecule has 0 spiro atoms. The van der Waals surface area contributed by atoms with E-state index in [-0.39, 0.29) is 23.8 Å². The van der Waals surface area contributed by atoms with E-state index in [1.54, 1.807) is 6.20 Å². The van der Waals surface area contributed by atoms with Crippen molar-refractivity contribution in [1.82, 2.24) is 15.3 Å². The molecule has 1 aromatic heterocycles. The highest BCUT2D eigenvalue weighted by molar-refractivity contribution is 5.83. The monoisotopic (exact) mass is 381 g/mol. The number of carbonyl (C=O) groups is 1. The van der Waals surface area contributed by atoms with Crippen molar-refractivity contribution in [3.63, 3.8) is 0 Å². The van der Waals surface area contributed by atoms with Gasteiger partial charge in [0.05, 0.1) is 17.9 Å². The van der Waals surface area contributed by atoms with Gasteiger partial charge in [-0.25, -0.2) is 13.8 Å². The number of hydrogen-bond acceptors (Lipinski definition) is 2. The number of carbonyl (C=O) groups excluding carboxylic acids is 1. The van der Waals surface area contributed by atoms with Crippen molar-refractivity contribution in [3.8, 4) is 11.3 Å². The van der Waals surface area contributed by atoms with Crippen LogP contribution < -0.4 is 5.32 Å². The molecule has 1 saturated carbocycles. The zero-order chi connectivity index (χ0) is 19.7. The van der Waals surface area contributed by atoms with Crippen LogP contribution in [-0.2, 0) is 4.79 Å². The number of aromatic nitrogens is 2. The number of nitrogens with one attached hydrogen (secondary N) is 2. The Bertz CT molecular complexity index is 986. The van der Waals surface area contributed by atoms with Crippen molar-refractivity contribution in [2.45, 2.75) is 31.7 Å². The van der Waals surface area contributed by atoms with E-state index in [9.17, 15) is 13.6 Å². The maximum Gasteiger partial charge on any atom is 0.224 e. The van der Waals surface area contributed by atoms with E-state index in [0.717, 1.165) is 17.3 Å². The lowest BCUT2D eigenvalue weighted by molar-refractivity contribution is -0.123. The smallest absolute Gasteiger partial charge is 0.224 e. The molecule has 144 valence electrons. The molecule has 3 atom stereocenters. The minimum Gasteiger partial charge on any atom is -0.346 e. The summed E-state index contributed by atoms with van der Waals surface area (Å²) in [5.41, 5.74) is 2.32. The second-order valence-corrected chi connectivity index (χ2v) is 7.13. The number of aromatic amines is 1. The average Bonchev–Trinajstić information content (AvgIpc) is 3.34. The fourth-order valence-corrected chi connectivity index (χ4v) is 3.55. The van der Waals surface area contributed by atoms with Crippen LogP contribution in [0.3, 0.4) is 0 Å². The van der Waals surface area contributed by atoms with Crippen LogP contribution in [0.15, 0.2) is 54.7 Å². The third-order valence-electron chi connectivity index (χ3n) is 5.22. The molecule has 1 aliphatic rings. The Kier molecular flexibility index (Phi) is 4.94. The van der Waals surface area contributed by atoms with Gasteiger partial charge in [0.2, 0.25) is 5.91 Å². The molecule has 1 aliphatic carbocycles. The van der Waals surface area contributed by atoms with Crippen LogP contribution >= 0.6 is 0 Å². The number of H-pyrrole nitrogens is 1. The SMILES string of the molecule is CCC(NC(=O)C1CC1c1ccc(F)cc1F)c1ncc(-c2ccccc2)[nH]1. The van der Waals surface area contributed by atoms with Gasteiger partial charge in [0.1, 0.15) is 17.5 Å². The zero-order valence-corrected chi connectivity index (χ0v) is 15.5. The second-order valence-electron chi connectivity index (χ2n) is 7.13. The summed E-state index contributed by atoms with van der Waals surface area (Å²) < 4.78 is 27.0. The first-order valence-corrected chi connectivity index (χ1v) is 9.42. The van der Waals surface area contributed by atoms with Gasteiger partial charge in [-0.15, -0.1) is 0 Å². The molecule has 0 aliphatic heterocycles. The first kappa shape index (κ1) is 18.3. The summed E-state index contributed by atoms with van der Waals surface area (Å²) in [6, 6.07) is 13.1. The van der Waals surface area contributed by atoms with Gasteiger partial charge in [0.15, 0.2) is 0 Å². The summed E-state index contributed by atoms with van der Waals surface area (Å²) in [4.78, 5) is 20.3. The Labute approximate surface area is 162 Å². The van der Waals surface area contributed by atoms with Gasteiger partial charge in [-0.05, 0) is 36.0 Å². The highest BCUT2D eigenvalue weighted by Crippen LogP contribution is 2.48. The molecule has 0 bridgehead atoms. The van der Waals surface area contributed by atoms with Gasteiger partial charge in [-0.3, -0.25) is 4.79 Å². The molecule has 28 heavy (non-hydrogen) atoms. The Morgan fingerprint density at radius 3 is 2.75 bits per heavy atom. The Balaban J connectivity index is 1.43. The molecule has 3 unspecified atom stereocenters. The van der Waals surface area contributed by atoms with Crippen molar-refractivity contribution in [2.75, 3.05) is 0 Å². The van der Waals surface area contributed by atoms with E-state index >= 15 is 0 Å². The summed E-state index contributed by atoms with van der Waals surface area (Å²) >= 11 is 0. The normalized spacial score (nSPS) is 19.2. The fraction of sp³-hybridized carbons (Fsp3) is 0.273. The molecule has 1 amide bonds. The summed E-state index contributed by atoms with van der Waals surface area (Å²) in [5.74, 6) is -1.13. The predicted molar refractivity (Wildman–Crippen MR) is 102 cm³/mol. The third kappa shape index (κ3) is 3.67. The lowest BCUT2D eigenvalue weighted by Gasteiger charge is -2.15. The lowest BCUT2D eigenvalue weighted by atomic mass is 10.1. The number of imidazole rings is 1. The number of benzene rings is 2. The summed E-state index contributed by atoms with van der Waals surface area (Å²) in [6.45, 7) is 1.97. The van der Waals surface area contributed by atoms with Crippen LogP contribution in [0.25, 0.3) is 11.3 Å². The maximum atomic E-state index is 13.9. The Morgan fingerprint density at radius 2 is 2.04 bits per heavy atom. The molecular weight excluding hydrogens is 360 g/mol. The van der Waals surface area contributed by atoms with Gasteiger partial charge in [0, 0.05) is 12.0 Å². The fourth-order valence-electron chi connectivity index (χ4n) is 3.55. The topological polar surface area (TPSA) is 57.8 Å². The van der Waals surface area contributed by atoms with Gasteiger partial charge < -0.3 is 10.3 Å². The summed E-state index contributed by atoms with van der Waals surface area (Å²) in [6.07, 6.45) is 3.00. The van der Waals surface area contributed by atoms with E-state index in [1.807, 2.05) is 37.3 Å². The molecule has 2 N–H and O–H groups in total. The van der Waals surface area contributed by atoms with Crippen molar-refractivity contribution in [3.05, 3.63) is 77.8 Å². The molecule has 4 nitrogen and oxygen atoms in total. The van der Waals surface area contributed by atoms with E-state index < -0.39 is 11.6 Å². The molecular formula is C22H21F2N3O. The van der Waals surface area contributed by atoms with Gasteiger partial charge in [-0.2, -0.15) is 0 Å². The van der Waals surface area contributed by atoms with E-state index in [0.29, 0.717) is 24.2 Å². The average molecular weight is 381 g/mol. The van der Waals surface area contributed by atoms with Crippen molar-refractivity contribution in [1.29, 1.82) is 0 Å². The number of amides is 1. The van der Waals surface area contributed by atoms with Crippen molar-refractivity contribution < 1.29 is 13.6 Å². The van der Waals surface area contributed by atoms with Gasteiger partial charge in [-0.1, -0.05) is 43.3 Å². The van der Waals surface area contributed by atoms with Gasteiger partial charge in [0.25, 0.3) is 0 Å². The molecule has 6 heteroatoms. The minimum absolute atomic E-state index is 0.127. The number of rotatable bonds is 6. The predicted octanol–water partition coefficient (Wildman–Crippen LogP) is 4.73. The van der Waals surface area contributed by atoms with Gasteiger partial charge >= 0.3 is 0 Å². The zero-order valence-electron chi connectivity index (χ0n) is 15.5. The molecule has 1 fully saturated rings. The van der Waals surface area contributed by atoms with Crippen molar-refractivity contribution >= 4 is 5.91 Å². The van der Waals surface area contributed by atoms with Crippen LogP contribution in [0.5, 0.6) is 0 Å². The first-order valence-electron chi connectivity index (χ1n) is 9.42. The summed E-state index contributed by atoms with van der Waals surface area (Å²) in [7, 11) is 0. The third-order valence-corrected chi connectivity index (χ3v) is 5.22. The van der Waals surface area contributed by atoms with Crippen LogP contribution in [0.1, 0.15) is 43.1 Å². The molecule has 4 rings (SSSR count). The Hall–Kier alpha value is -3.02. The lowest BCUT2D eigenvalue weighted by Crippen LogP contribution is -2.30. The Morgan fingerprint density at radius 1 is 1.25 bits per heavy atom. The largest absolute Gasteiger partial charge is 0.346 e. The quantitative estimate of drug-likeness (QED) is 0.649. The van der Waals surface area contributed by atoms with Crippen molar-refractivity contribution in [2.24, 2.45) is 5.92 Å². The first-order chi connectivity index (χ1) is 13.6. The minimum atomic E-state index is -0.610. The standard InChI is InChI=1S/C22H21F2N3O/c1-2-19(21-25-12-20(26-21)13-6-4-3-5-7-13)27-22(28)17-11-16(17)15-9-8-14(23)10-18(15)24/h3-10,12,16-17,19H,2,11H2,1H3,(H,25,26)(H,27,28). The number of hydrogen-bond donors (Lipinski definition) is 2. The van der Waals surface area contributed by atoms with Crippen LogP contribution in [-0.4, -0.2) is 15.9 Å². The second kappa shape index (κ2) is 7.54. The van der Waals surface area contributed by atoms with E-state index in [2.05, 4.69) is 15.3 Å². The molecule has 0 saturated heterocycles. The number of nitrogens with zero attached hydrogens (tertiary/aromatic N) is 1. The highest BCUT2D eigenvalue weighted by Gasteiger charge is 2.45. The number of halogens is 2. The summed E-state index contributed by atoms with van der Waals surface area (Å²) in [5, 5.41) is 3.01. The van der Waals surface area contributed by atoms with Crippen LogP contribution in [0.4, 0.5) is 8.78 Å². The molecule has 1 heterocycles. The van der Waals surface area contributed by atoms with Crippen LogP contribution in [0.2, 0.25) is 0 Å². The highest BCUT2D eigenvalue weighted by atomic mass is 19.1. The van der Waals surface area contributed by atoms with Crippen LogP contribution in [0, 0.1) is 17.6 Å². The molecule has 0 radical (unpaired) electrons. The molecule has 2 aromatic carbocycles. The maximum absolute atomic E-state index is 13.9. The van der Waals surface area contributed by atoms with E-state index in [1.165, 1.54) is 12.1 Å². The molecule has 3 aromatic rings.